The van der Waals surface area contributed by atoms with Crippen molar-refractivity contribution in [1.29, 1.82) is 0 Å². The van der Waals surface area contributed by atoms with Crippen LogP contribution in [-0.2, 0) is 4.79 Å². The van der Waals surface area contributed by atoms with Gasteiger partial charge in [-0.05, 0) is 23.7 Å². The van der Waals surface area contributed by atoms with Crippen molar-refractivity contribution in [2.75, 3.05) is 5.88 Å². The van der Waals surface area contributed by atoms with Gasteiger partial charge in [-0.15, -0.1) is 24.8 Å². The maximum atomic E-state index is 13.1. The van der Waals surface area contributed by atoms with Gasteiger partial charge in [0.15, 0.2) is 0 Å². The molecule has 0 aromatic rings. The molecule has 0 N–H and O–H groups in total. The van der Waals surface area contributed by atoms with Crippen molar-refractivity contribution in [1.82, 2.24) is 4.90 Å². The van der Waals surface area contributed by atoms with Crippen molar-refractivity contribution in [2.24, 2.45) is 10.8 Å². The number of amides is 1. The number of carbonyl (C=O) groups excluding carboxylic acids is 1. The fourth-order valence-corrected chi connectivity index (χ4v) is 3.13. The summed E-state index contributed by atoms with van der Waals surface area (Å²) in [5.41, 5.74) is -0.670. The lowest BCUT2D eigenvalue weighted by Crippen LogP contribution is -2.45. The van der Waals surface area contributed by atoms with Crippen LogP contribution in [0.2, 0.25) is 0 Å². The van der Waals surface area contributed by atoms with Crippen LogP contribution in [0.25, 0.3) is 0 Å². The second kappa shape index (κ2) is 5.00. The Kier molecular flexibility index (Phi) is 4.30. The first kappa shape index (κ1) is 16.3. The SMILES string of the molecule is CC1(C)C=C(N(C(=O)CCl)C(F)(F)F)CC(C)(C)C1. The Hall–Kier alpha value is -0.710. The molecule has 0 aromatic carbocycles. The van der Waals surface area contributed by atoms with Crippen LogP contribution in [0.15, 0.2) is 11.8 Å². The maximum Gasteiger partial charge on any atom is 0.491 e. The quantitative estimate of drug-likeness (QED) is 0.549. The van der Waals surface area contributed by atoms with E-state index in [1.54, 1.807) is 0 Å². The van der Waals surface area contributed by atoms with Crippen molar-refractivity contribution < 1.29 is 18.0 Å². The fourth-order valence-electron chi connectivity index (χ4n) is 3.01. The van der Waals surface area contributed by atoms with Gasteiger partial charge in [-0.2, -0.15) is 0 Å². The normalized spacial score (nSPS) is 21.8. The molecule has 1 amide bonds. The van der Waals surface area contributed by atoms with Gasteiger partial charge in [-0.3, -0.25) is 4.79 Å². The van der Waals surface area contributed by atoms with Crippen molar-refractivity contribution in [3.8, 4) is 0 Å². The number of hydrogen-bond acceptors (Lipinski definition) is 1. The van der Waals surface area contributed by atoms with E-state index in [4.69, 9.17) is 11.6 Å². The summed E-state index contributed by atoms with van der Waals surface area (Å²) in [6.07, 6.45) is -2.22. The highest BCUT2D eigenvalue weighted by atomic mass is 35.5. The van der Waals surface area contributed by atoms with Crippen LogP contribution in [0, 0.1) is 10.8 Å². The van der Waals surface area contributed by atoms with Crippen molar-refractivity contribution >= 4 is 17.5 Å². The van der Waals surface area contributed by atoms with Crippen LogP contribution in [0.5, 0.6) is 0 Å². The third-order valence-corrected chi connectivity index (χ3v) is 3.28. The molecule has 1 aliphatic carbocycles. The summed E-state index contributed by atoms with van der Waals surface area (Å²) in [4.78, 5) is 11.4. The van der Waals surface area contributed by atoms with Crippen LogP contribution < -0.4 is 0 Å². The molecule has 0 saturated carbocycles. The number of nitrogens with zero attached hydrogens (tertiary/aromatic N) is 1. The molecule has 0 spiro atoms. The molecule has 19 heavy (non-hydrogen) atoms. The van der Waals surface area contributed by atoms with Gasteiger partial charge >= 0.3 is 6.30 Å². The summed E-state index contributed by atoms with van der Waals surface area (Å²) in [6, 6.07) is 0. The molecule has 0 heterocycles. The molecule has 0 aliphatic heterocycles. The van der Waals surface area contributed by atoms with E-state index in [9.17, 15) is 18.0 Å². The van der Waals surface area contributed by atoms with Gasteiger partial charge in [0.05, 0.1) is 0 Å². The van der Waals surface area contributed by atoms with Crippen molar-refractivity contribution in [3.05, 3.63) is 11.8 Å². The van der Waals surface area contributed by atoms with E-state index in [1.165, 1.54) is 6.08 Å². The number of allylic oxidation sites excluding steroid dienone is 2. The third kappa shape index (κ3) is 4.13. The fraction of sp³-hybridized carbons (Fsp3) is 0.769. The number of halogens is 4. The van der Waals surface area contributed by atoms with E-state index >= 15 is 0 Å². The lowest BCUT2D eigenvalue weighted by molar-refractivity contribution is -0.230. The molecule has 0 radical (unpaired) electrons. The van der Waals surface area contributed by atoms with Gasteiger partial charge in [0.25, 0.3) is 0 Å². The van der Waals surface area contributed by atoms with E-state index in [-0.39, 0.29) is 27.8 Å². The Morgan fingerprint density at radius 2 is 1.89 bits per heavy atom. The first-order valence-corrected chi connectivity index (χ1v) is 6.59. The van der Waals surface area contributed by atoms with E-state index in [2.05, 4.69) is 0 Å². The highest BCUT2D eigenvalue weighted by Gasteiger charge is 2.46. The predicted molar refractivity (Wildman–Crippen MR) is 68.5 cm³/mol. The second-order valence-corrected chi connectivity index (χ2v) is 6.74. The minimum Gasteiger partial charge on any atom is -0.273 e. The maximum absolute atomic E-state index is 13.1. The molecule has 110 valence electrons. The summed E-state index contributed by atoms with van der Waals surface area (Å²) in [6.45, 7) is 7.55. The standard InChI is InChI=1S/C13H19ClF3NO/c1-11(2)5-9(6-12(3,4)8-11)18(10(19)7-14)13(15,16)17/h5H,6-8H2,1-4H3. The summed E-state index contributed by atoms with van der Waals surface area (Å²) < 4.78 is 39.2. The summed E-state index contributed by atoms with van der Waals surface area (Å²) in [5.74, 6) is -1.81. The lowest BCUT2D eigenvalue weighted by atomic mass is 9.68. The highest BCUT2D eigenvalue weighted by molar-refractivity contribution is 6.27. The number of carbonyl (C=O) groups is 1. The van der Waals surface area contributed by atoms with Crippen LogP contribution in [0.1, 0.15) is 40.5 Å². The van der Waals surface area contributed by atoms with Crippen LogP contribution in [0.3, 0.4) is 0 Å². The van der Waals surface area contributed by atoms with Gasteiger partial charge < -0.3 is 0 Å². The minimum atomic E-state index is -4.73. The molecule has 1 aliphatic rings. The Morgan fingerprint density at radius 1 is 1.37 bits per heavy atom. The summed E-state index contributed by atoms with van der Waals surface area (Å²) in [7, 11) is 0. The van der Waals surface area contributed by atoms with Gasteiger partial charge in [-0.1, -0.05) is 33.8 Å². The number of hydrogen-bond donors (Lipinski definition) is 0. The second-order valence-electron chi connectivity index (χ2n) is 6.47. The number of rotatable bonds is 2. The third-order valence-electron chi connectivity index (χ3n) is 3.06. The zero-order valence-corrected chi connectivity index (χ0v) is 12.3. The molecule has 0 saturated heterocycles. The average Bonchev–Trinajstić information content (AvgIpc) is 2.09. The molecule has 6 heteroatoms. The number of alkyl halides is 4. The van der Waals surface area contributed by atoms with Gasteiger partial charge in [0.2, 0.25) is 5.91 Å². The van der Waals surface area contributed by atoms with Crippen molar-refractivity contribution in [3.63, 3.8) is 0 Å². The lowest BCUT2D eigenvalue weighted by Gasteiger charge is -2.42. The van der Waals surface area contributed by atoms with E-state index < -0.39 is 18.1 Å². The first-order chi connectivity index (χ1) is 8.38. The molecular formula is C13H19ClF3NO. The highest BCUT2D eigenvalue weighted by Crippen LogP contribution is 2.46. The molecule has 1 rings (SSSR count). The zero-order chi connectivity index (χ0) is 15.1. The predicted octanol–water partition coefficient (Wildman–Crippen LogP) is 4.30. The monoisotopic (exact) mass is 297 g/mol. The van der Waals surface area contributed by atoms with E-state index in [0.29, 0.717) is 0 Å². The molecule has 0 fully saturated rings. The van der Waals surface area contributed by atoms with Gasteiger partial charge in [-0.25, -0.2) is 4.90 Å². The zero-order valence-electron chi connectivity index (χ0n) is 11.6. The van der Waals surface area contributed by atoms with Crippen LogP contribution in [-0.4, -0.2) is 23.0 Å². The molecule has 0 bridgehead atoms. The molecule has 0 unspecified atom stereocenters. The summed E-state index contributed by atoms with van der Waals surface area (Å²) >= 11 is 5.30. The van der Waals surface area contributed by atoms with Gasteiger partial charge in [0.1, 0.15) is 5.88 Å². The Balaban J connectivity index is 3.23. The average molecular weight is 298 g/mol. The molecule has 2 nitrogen and oxygen atoms in total. The Morgan fingerprint density at radius 3 is 2.26 bits per heavy atom. The summed E-state index contributed by atoms with van der Waals surface area (Å²) in [5, 5.41) is 0. The topological polar surface area (TPSA) is 20.3 Å². The largest absolute Gasteiger partial charge is 0.491 e. The molecule has 0 aromatic heterocycles. The minimum absolute atomic E-state index is 0.000556. The Labute approximate surface area is 116 Å². The first-order valence-electron chi connectivity index (χ1n) is 6.05. The Bertz CT molecular complexity index is 399. The van der Waals surface area contributed by atoms with E-state index in [0.717, 1.165) is 6.42 Å². The van der Waals surface area contributed by atoms with E-state index in [1.807, 2.05) is 27.7 Å². The van der Waals surface area contributed by atoms with Gasteiger partial charge in [0, 0.05) is 5.70 Å². The van der Waals surface area contributed by atoms with Crippen LogP contribution >= 0.6 is 11.6 Å². The van der Waals surface area contributed by atoms with Crippen molar-refractivity contribution in [2.45, 2.75) is 46.8 Å². The molecular weight excluding hydrogens is 279 g/mol. The van der Waals surface area contributed by atoms with Crippen LogP contribution in [0.4, 0.5) is 13.2 Å². The smallest absolute Gasteiger partial charge is 0.273 e. The molecule has 0 atom stereocenters.